The summed E-state index contributed by atoms with van der Waals surface area (Å²) in [6.07, 6.45) is 0. The molecule has 51 heavy (non-hydrogen) atoms. The molecule has 0 fully saturated rings. The monoisotopic (exact) mass is 652 g/mol. The highest BCUT2D eigenvalue weighted by atomic mass is 15.2. The molecule has 4 nitrogen and oxygen atoms in total. The number of benzene rings is 7. The molecule has 0 atom stereocenters. The summed E-state index contributed by atoms with van der Waals surface area (Å²) >= 11 is 0. The molecular weight excluding hydrogens is 621 g/mol. The molecule has 4 heteroatoms. The smallest absolute Gasteiger partial charge is 0.235 e. The predicted molar refractivity (Wildman–Crippen MR) is 211 cm³/mol. The van der Waals surface area contributed by atoms with Crippen molar-refractivity contribution >= 4 is 54.4 Å². The van der Waals surface area contributed by atoms with E-state index in [4.69, 9.17) is 9.97 Å². The van der Waals surface area contributed by atoms with Crippen LogP contribution in [0.3, 0.4) is 0 Å². The fraction of sp³-hybridized carbons (Fsp3) is 0.0638. The van der Waals surface area contributed by atoms with E-state index < -0.39 is 0 Å². The van der Waals surface area contributed by atoms with Crippen LogP contribution in [0.2, 0.25) is 0 Å². The van der Waals surface area contributed by atoms with Gasteiger partial charge in [-0.1, -0.05) is 129 Å². The molecule has 0 saturated carbocycles. The second-order valence-corrected chi connectivity index (χ2v) is 14.2. The molecule has 1 aliphatic carbocycles. The summed E-state index contributed by atoms with van der Waals surface area (Å²) in [7, 11) is 0. The highest BCUT2D eigenvalue weighted by Crippen LogP contribution is 2.54. The second-order valence-electron chi connectivity index (χ2n) is 14.2. The number of rotatable bonds is 3. The minimum Gasteiger partial charge on any atom is -0.309 e. The van der Waals surface area contributed by atoms with Crippen molar-refractivity contribution in [2.75, 3.05) is 0 Å². The van der Waals surface area contributed by atoms with Crippen molar-refractivity contribution < 1.29 is 0 Å². The van der Waals surface area contributed by atoms with E-state index in [1.54, 1.807) is 0 Å². The zero-order valence-corrected chi connectivity index (χ0v) is 28.3. The van der Waals surface area contributed by atoms with Gasteiger partial charge in [-0.05, 0) is 58.8 Å². The van der Waals surface area contributed by atoms with Crippen molar-refractivity contribution in [3.63, 3.8) is 0 Å². The second kappa shape index (κ2) is 10.3. The van der Waals surface area contributed by atoms with E-state index in [1.807, 2.05) is 0 Å². The lowest BCUT2D eigenvalue weighted by atomic mass is 9.79. The van der Waals surface area contributed by atoms with Crippen molar-refractivity contribution in [3.8, 4) is 34.2 Å². The van der Waals surface area contributed by atoms with E-state index in [9.17, 15) is 0 Å². The molecule has 0 spiro atoms. The minimum absolute atomic E-state index is 0.340. The minimum atomic E-state index is -0.340. The molecule has 0 unspecified atom stereocenters. The van der Waals surface area contributed by atoms with E-state index in [0.29, 0.717) is 5.95 Å². The first-order valence-corrected chi connectivity index (χ1v) is 17.6. The maximum absolute atomic E-state index is 5.61. The van der Waals surface area contributed by atoms with Crippen LogP contribution in [0.25, 0.3) is 88.5 Å². The number of aromatic nitrogens is 4. The van der Waals surface area contributed by atoms with Gasteiger partial charge in [0.25, 0.3) is 0 Å². The summed E-state index contributed by atoms with van der Waals surface area (Å²) in [6, 6.07) is 56.7. The number of hydrogen-bond acceptors (Lipinski definition) is 2. The Bertz CT molecular complexity index is 3000. The van der Waals surface area contributed by atoms with Gasteiger partial charge in [-0.15, -0.1) is 0 Å². The number of hydrogen-bond donors (Lipinski definition) is 0. The molecule has 3 heterocycles. The molecule has 11 rings (SSSR count). The summed E-state index contributed by atoms with van der Waals surface area (Å²) in [5.41, 5.74) is 12.1. The SMILES string of the molecule is CC1(C)c2c(-c3ccc4c(c3)c3ccccc3n4-c3ccccc3)nc(-n3c4ccccc4c4ccccc43)nc2-c2ccc3ccccc3c21. The average molecular weight is 653 g/mol. The molecule has 0 radical (unpaired) electrons. The molecule has 0 N–H and O–H groups in total. The lowest BCUT2D eigenvalue weighted by Gasteiger charge is -2.25. The predicted octanol–water partition coefficient (Wildman–Crippen LogP) is 11.8. The van der Waals surface area contributed by atoms with Crippen molar-refractivity contribution in [1.82, 2.24) is 19.1 Å². The highest BCUT2D eigenvalue weighted by Gasteiger charge is 2.41. The largest absolute Gasteiger partial charge is 0.309 e. The van der Waals surface area contributed by atoms with Gasteiger partial charge in [-0.2, -0.15) is 0 Å². The maximum Gasteiger partial charge on any atom is 0.235 e. The van der Waals surface area contributed by atoms with Gasteiger partial charge in [0, 0.05) is 49.3 Å². The molecule has 0 aliphatic heterocycles. The molecule has 240 valence electrons. The fourth-order valence-corrected chi connectivity index (χ4v) is 8.93. The standard InChI is InChI=1S/C47H32N4/c1-47(2)42-32-17-7-6-14-29(32)24-26-36(42)45-43(47)44(48-46(49-45)51-39-22-12-8-18-33(39)34-19-9-13-23-40(34)51)30-25-27-41-37(28-30)35-20-10-11-21-38(35)50(41)31-15-4-3-5-16-31/h3-28H,1-2H3. The number of nitrogens with zero attached hydrogens (tertiary/aromatic N) is 4. The van der Waals surface area contributed by atoms with Crippen LogP contribution in [0.1, 0.15) is 25.0 Å². The first-order valence-electron chi connectivity index (χ1n) is 17.6. The Morgan fingerprint density at radius 1 is 0.431 bits per heavy atom. The van der Waals surface area contributed by atoms with Crippen LogP contribution in [0.15, 0.2) is 158 Å². The first-order chi connectivity index (χ1) is 25.1. The molecule has 0 saturated heterocycles. The molecular formula is C47H32N4. The number of para-hydroxylation sites is 4. The molecule has 7 aromatic carbocycles. The quantitative estimate of drug-likeness (QED) is 0.190. The molecule has 0 amide bonds. The summed E-state index contributed by atoms with van der Waals surface area (Å²) in [4.78, 5) is 11.1. The van der Waals surface area contributed by atoms with Gasteiger partial charge in [-0.25, -0.2) is 9.97 Å². The van der Waals surface area contributed by atoms with Crippen molar-refractivity contribution in [2.24, 2.45) is 0 Å². The average Bonchev–Trinajstić information content (AvgIpc) is 3.78. The third-order valence-electron chi connectivity index (χ3n) is 11.1. The van der Waals surface area contributed by atoms with Crippen LogP contribution < -0.4 is 0 Å². The zero-order chi connectivity index (χ0) is 33.8. The van der Waals surface area contributed by atoms with E-state index in [2.05, 4.69) is 181 Å². The Morgan fingerprint density at radius 3 is 1.69 bits per heavy atom. The van der Waals surface area contributed by atoms with Crippen molar-refractivity contribution in [1.29, 1.82) is 0 Å². The van der Waals surface area contributed by atoms with Gasteiger partial charge in [0.2, 0.25) is 5.95 Å². The van der Waals surface area contributed by atoms with Gasteiger partial charge in [0.05, 0.1) is 33.5 Å². The lowest BCUT2D eigenvalue weighted by molar-refractivity contribution is 0.662. The number of fused-ring (bicyclic) bond motifs is 11. The van der Waals surface area contributed by atoms with Gasteiger partial charge < -0.3 is 4.57 Å². The highest BCUT2D eigenvalue weighted by molar-refractivity contribution is 6.11. The molecule has 1 aliphatic rings. The summed E-state index contributed by atoms with van der Waals surface area (Å²) in [6.45, 7) is 4.69. The zero-order valence-electron chi connectivity index (χ0n) is 28.3. The summed E-state index contributed by atoms with van der Waals surface area (Å²) in [5.74, 6) is 0.685. The van der Waals surface area contributed by atoms with E-state index in [-0.39, 0.29) is 5.41 Å². The fourth-order valence-electron chi connectivity index (χ4n) is 8.93. The van der Waals surface area contributed by atoms with E-state index in [1.165, 1.54) is 60.0 Å². The molecule has 0 bridgehead atoms. The molecule has 3 aromatic heterocycles. The first kappa shape index (κ1) is 28.3. The lowest BCUT2D eigenvalue weighted by Crippen LogP contribution is -2.18. The van der Waals surface area contributed by atoms with E-state index >= 15 is 0 Å². The van der Waals surface area contributed by atoms with Gasteiger partial charge in [0.1, 0.15) is 0 Å². The third kappa shape index (κ3) is 3.85. The summed E-state index contributed by atoms with van der Waals surface area (Å²) in [5, 5.41) is 7.32. The van der Waals surface area contributed by atoms with Gasteiger partial charge >= 0.3 is 0 Å². The van der Waals surface area contributed by atoms with Crippen LogP contribution >= 0.6 is 0 Å². The Balaban J connectivity index is 1.26. The Labute approximate surface area is 294 Å². The third-order valence-corrected chi connectivity index (χ3v) is 11.1. The van der Waals surface area contributed by atoms with Crippen LogP contribution in [0, 0.1) is 0 Å². The normalized spacial score (nSPS) is 13.5. The topological polar surface area (TPSA) is 35.6 Å². The Hall–Kier alpha value is -6.52. The van der Waals surface area contributed by atoms with Crippen LogP contribution in [0.5, 0.6) is 0 Å². The maximum atomic E-state index is 5.61. The van der Waals surface area contributed by atoms with Gasteiger partial charge in [0.15, 0.2) is 0 Å². The molecule has 10 aromatic rings. The Morgan fingerprint density at radius 2 is 0.980 bits per heavy atom. The van der Waals surface area contributed by atoms with Crippen LogP contribution in [0.4, 0.5) is 0 Å². The van der Waals surface area contributed by atoms with Crippen LogP contribution in [-0.2, 0) is 5.41 Å². The van der Waals surface area contributed by atoms with Crippen molar-refractivity contribution in [2.45, 2.75) is 19.3 Å². The van der Waals surface area contributed by atoms with E-state index in [0.717, 1.165) is 33.7 Å². The Kier molecular flexibility index (Phi) is 5.70. The van der Waals surface area contributed by atoms with Crippen molar-refractivity contribution in [3.05, 3.63) is 169 Å². The summed E-state index contributed by atoms with van der Waals surface area (Å²) < 4.78 is 4.62. The van der Waals surface area contributed by atoms with Gasteiger partial charge in [-0.3, -0.25) is 4.57 Å². The van der Waals surface area contributed by atoms with Crippen LogP contribution in [-0.4, -0.2) is 19.1 Å².